The van der Waals surface area contributed by atoms with Crippen LogP contribution >= 0.6 is 0 Å². The molecular weight excluding hydrogens is 218 g/mol. The van der Waals surface area contributed by atoms with Crippen LogP contribution in [-0.4, -0.2) is 31.8 Å². The molecule has 0 atom stereocenters. The van der Waals surface area contributed by atoms with Crippen LogP contribution in [0.2, 0.25) is 0 Å². The minimum Gasteiger partial charge on any atom is -0.483 e. The topological polar surface area (TPSA) is 47.6 Å². The second kappa shape index (κ2) is 5.19. The summed E-state index contributed by atoms with van der Waals surface area (Å²) in [4.78, 5) is 11.6. The molecule has 0 spiro atoms. The molecule has 0 radical (unpaired) electrons. The number of carbonyl (C=O) groups is 1. The van der Waals surface area contributed by atoms with Gasteiger partial charge in [0.15, 0.2) is 6.61 Å². The van der Waals surface area contributed by atoms with Crippen LogP contribution in [0.1, 0.15) is 11.1 Å². The molecule has 0 aliphatic carbocycles. The van der Waals surface area contributed by atoms with E-state index in [1.165, 1.54) is 0 Å². The van der Waals surface area contributed by atoms with Gasteiger partial charge >= 0.3 is 0 Å². The van der Waals surface area contributed by atoms with Crippen molar-refractivity contribution in [2.45, 2.75) is 19.9 Å². The van der Waals surface area contributed by atoms with E-state index in [0.717, 1.165) is 16.9 Å². The molecule has 0 saturated carbocycles. The molecule has 1 saturated heterocycles. The van der Waals surface area contributed by atoms with Crippen LogP contribution < -0.4 is 10.1 Å². The standard InChI is InChI=1S/C13H17NO3/c1-9-4-3-5-10(2)13(9)17-8-12(15)14-11-6-16-7-11/h3-5,11H,6-8H2,1-2H3,(H,14,15). The molecule has 17 heavy (non-hydrogen) atoms. The van der Waals surface area contributed by atoms with E-state index in [2.05, 4.69) is 5.32 Å². The van der Waals surface area contributed by atoms with Crippen molar-refractivity contribution in [2.24, 2.45) is 0 Å². The van der Waals surface area contributed by atoms with Crippen molar-refractivity contribution in [2.75, 3.05) is 19.8 Å². The van der Waals surface area contributed by atoms with Crippen LogP contribution in [-0.2, 0) is 9.53 Å². The molecule has 1 fully saturated rings. The molecule has 2 rings (SSSR count). The largest absolute Gasteiger partial charge is 0.483 e. The number of rotatable bonds is 4. The Kier molecular flexibility index (Phi) is 3.64. The Labute approximate surface area is 101 Å². The summed E-state index contributed by atoms with van der Waals surface area (Å²) in [7, 11) is 0. The van der Waals surface area contributed by atoms with Gasteiger partial charge in [-0.05, 0) is 25.0 Å². The number of ether oxygens (including phenoxy) is 2. The van der Waals surface area contributed by atoms with Gasteiger partial charge in [-0.3, -0.25) is 4.79 Å². The highest BCUT2D eigenvalue weighted by Gasteiger charge is 2.20. The molecule has 1 amide bonds. The van der Waals surface area contributed by atoms with Gasteiger partial charge in [-0.2, -0.15) is 0 Å². The van der Waals surface area contributed by atoms with Crippen molar-refractivity contribution in [3.63, 3.8) is 0 Å². The van der Waals surface area contributed by atoms with Gasteiger partial charge in [0.1, 0.15) is 5.75 Å². The lowest BCUT2D eigenvalue weighted by atomic mass is 10.1. The zero-order valence-corrected chi connectivity index (χ0v) is 10.2. The summed E-state index contributed by atoms with van der Waals surface area (Å²) in [6.07, 6.45) is 0. The zero-order valence-electron chi connectivity index (χ0n) is 10.2. The highest BCUT2D eigenvalue weighted by molar-refractivity contribution is 5.78. The van der Waals surface area contributed by atoms with Gasteiger partial charge in [0.2, 0.25) is 0 Å². The van der Waals surface area contributed by atoms with E-state index < -0.39 is 0 Å². The lowest BCUT2D eigenvalue weighted by molar-refractivity contribution is -0.127. The van der Waals surface area contributed by atoms with Crippen LogP contribution in [0.5, 0.6) is 5.75 Å². The smallest absolute Gasteiger partial charge is 0.258 e. The van der Waals surface area contributed by atoms with Gasteiger partial charge in [0.25, 0.3) is 5.91 Å². The summed E-state index contributed by atoms with van der Waals surface area (Å²) >= 11 is 0. The van der Waals surface area contributed by atoms with E-state index in [4.69, 9.17) is 9.47 Å². The lowest BCUT2D eigenvalue weighted by Crippen LogP contribution is -2.49. The molecule has 1 aliphatic heterocycles. The van der Waals surface area contributed by atoms with Gasteiger partial charge < -0.3 is 14.8 Å². The van der Waals surface area contributed by atoms with Crippen molar-refractivity contribution < 1.29 is 14.3 Å². The molecule has 4 nitrogen and oxygen atoms in total. The Morgan fingerprint density at radius 3 is 2.59 bits per heavy atom. The third-order valence-corrected chi connectivity index (χ3v) is 2.76. The van der Waals surface area contributed by atoms with Gasteiger partial charge in [-0.25, -0.2) is 0 Å². The Hall–Kier alpha value is -1.55. The molecule has 0 unspecified atom stereocenters. The van der Waals surface area contributed by atoms with E-state index in [9.17, 15) is 4.79 Å². The van der Waals surface area contributed by atoms with E-state index in [1.54, 1.807) is 0 Å². The number of para-hydroxylation sites is 1. The van der Waals surface area contributed by atoms with E-state index in [1.807, 2.05) is 32.0 Å². The fourth-order valence-corrected chi connectivity index (χ4v) is 1.75. The third kappa shape index (κ3) is 2.97. The normalized spacial score (nSPS) is 15.2. The summed E-state index contributed by atoms with van der Waals surface area (Å²) < 4.78 is 10.5. The summed E-state index contributed by atoms with van der Waals surface area (Å²) in [5.74, 6) is 0.702. The minimum absolute atomic E-state index is 0.0577. The number of hydrogen-bond donors (Lipinski definition) is 1. The third-order valence-electron chi connectivity index (χ3n) is 2.76. The number of amides is 1. The Morgan fingerprint density at radius 1 is 1.41 bits per heavy atom. The highest BCUT2D eigenvalue weighted by Crippen LogP contribution is 2.21. The first kappa shape index (κ1) is 11.9. The van der Waals surface area contributed by atoms with E-state index in [0.29, 0.717) is 13.2 Å². The molecule has 92 valence electrons. The Bertz CT molecular complexity index is 393. The number of nitrogens with one attached hydrogen (secondary N) is 1. The second-order valence-corrected chi connectivity index (χ2v) is 4.31. The summed E-state index contributed by atoms with van der Waals surface area (Å²) in [5.41, 5.74) is 2.09. The van der Waals surface area contributed by atoms with Gasteiger partial charge in [0.05, 0.1) is 19.3 Å². The van der Waals surface area contributed by atoms with E-state index in [-0.39, 0.29) is 18.6 Å². The molecule has 1 aliphatic rings. The zero-order chi connectivity index (χ0) is 12.3. The van der Waals surface area contributed by atoms with Crippen LogP contribution in [0.3, 0.4) is 0 Å². The summed E-state index contributed by atoms with van der Waals surface area (Å²) in [6, 6.07) is 6.08. The highest BCUT2D eigenvalue weighted by atomic mass is 16.5. The molecule has 1 heterocycles. The van der Waals surface area contributed by atoms with Gasteiger partial charge in [-0.1, -0.05) is 18.2 Å². The fourth-order valence-electron chi connectivity index (χ4n) is 1.75. The Morgan fingerprint density at radius 2 is 2.06 bits per heavy atom. The van der Waals surface area contributed by atoms with Crippen LogP contribution in [0.25, 0.3) is 0 Å². The first-order valence-corrected chi connectivity index (χ1v) is 5.73. The molecule has 0 bridgehead atoms. The number of benzene rings is 1. The van der Waals surface area contributed by atoms with Crippen molar-refractivity contribution in [1.29, 1.82) is 0 Å². The average Bonchev–Trinajstić information content (AvgIpc) is 2.23. The first-order chi connectivity index (χ1) is 8.16. The van der Waals surface area contributed by atoms with Gasteiger partial charge in [-0.15, -0.1) is 0 Å². The quantitative estimate of drug-likeness (QED) is 0.853. The Balaban J connectivity index is 1.86. The van der Waals surface area contributed by atoms with Crippen LogP contribution in [0.4, 0.5) is 0 Å². The van der Waals surface area contributed by atoms with Crippen molar-refractivity contribution in [3.8, 4) is 5.75 Å². The van der Waals surface area contributed by atoms with Crippen LogP contribution in [0, 0.1) is 13.8 Å². The molecule has 0 aromatic heterocycles. The predicted octanol–water partition coefficient (Wildman–Crippen LogP) is 1.20. The monoisotopic (exact) mass is 235 g/mol. The average molecular weight is 235 g/mol. The molecular formula is C13H17NO3. The fraction of sp³-hybridized carbons (Fsp3) is 0.462. The first-order valence-electron chi connectivity index (χ1n) is 5.73. The number of hydrogen-bond acceptors (Lipinski definition) is 3. The van der Waals surface area contributed by atoms with Crippen molar-refractivity contribution in [3.05, 3.63) is 29.3 Å². The second-order valence-electron chi connectivity index (χ2n) is 4.31. The molecule has 1 aromatic rings. The molecule has 4 heteroatoms. The maximum absolute atomic E-state index is 11.6. The van der Waals surface area contributed by atoms with E-state index >= 15 is 0 Å². The maximum Gasteiger partial charge on any atom is 0.258 e. The predicted molar refractivity (Wildman–Crippen MR) is 64.2 cm³/mol. The SMILES string of the molecule is Cc1cccc(C)c1OCC(=O)NC1COC1. The minimum atomic E-state index is -0.0963. The lowest BCUT2D eigenvalue weighted by Gasteiger charge is -2.26. The van der Waals surface area contributed by atoms with Crippen LogP contribution in [0.15, 0.2) is 18.2 Å². The molecule has 1 aromatic carbocycles. The van der Waals surface area contributed by atoms with Crippen molar-refractivity contribution in [1.82, 2.24) is 5.32 Å². The van der Waals surface area contributed by atoms with Gasteiger partial charge in [0, 0.05) is 0 Å². The number of carbonyl (C=O) groups excluding carboxylic acids is 1. The number of aryl methyl sites for hydroxylation is 2. The summed E-state index contributed by atoms with van der Waals surface area (Å²) in [5, 5.41) is 2.84. The summed E-state index contributed by atoms with van der Waals surface area (Å²) in [6.45, 7) is 5.21. The molecule has 1 N–H and O–H groups in total. The maximum atomic E-state index is 11.6. The van der Waals surface area contributed by atoms with Crippen molar-refractivity contribution >= 4 is 5.91 Å².